The Morgan fingerprint density at radius 1 is 1.09 bits per heavy atom. The predicted octanol–water partition coefficient (Wildman–Crippen LogP) is 3.38. The molecule has 3 aliphatic rings. The minimum absolute atomic E-state index is 0.201. The van der Waals surface area contributed by atoms with Crippen LogP contribution in [0.15, 0.2) is 54.5 Å². The van der Waals surface area contributed by atoms with E-state index in [-0.39, 0.29) is 5.91 Å². The van der Waals surface area contributed by atoms with E-state index in [2.05, 4.69) is 44.9 Å². The predicted molar refractivity (Wildman–Crippen MR) is 127 cm³/mol. The molecule has 1 amide bonds. The van der Waals surface area contributed by atoms with Crippen LogP contribution in [0.25, 0.3) is 0 Å². The van der Waals surface area contributed by atoms with Crippen molar-refractivity contribution < 1.29 is 4.79 Å². The van der Waals surface area contributed by atoms with Crippen molar-refractivity contribution in [3.8, 4) is 0 Å². The van der Waals surface area contributed by atoms with Crippen LogP contribution < -0.4 is 10.2 Å². The molecule has 0 spiro atoms. The fraction of sp³-hybridized carbons (Fsp3) is 0.480. The monoisotopic (exact) mass is 432 g/mol. The van der Waals surface area contributed by atoms with Gasteiger partial charge in [0.05, 0.1) is 0 Å². The van der Waals surface area contributed by atoms with Crippen molar-refractivity contribution >= 4 is 17.4 Å². The summed E-state index contributed by atoms with van der Waals surface area (Å²) in [5.74, 6) is 0.658. The van der Waals surface area contributed by atoms with E-state index in [1.165, 1.54) is 31.6 Å². The van der Waals surface area contributed by atoms with E-state index in [0.717, 1.165) is 31.0 Å². The highest BCUT2D eigenvalue weighted by Gasteiger charge is 2.39. The number of fused-ring (bicyclic) bond motifs is 2. The van der Waals surface area contributed by atoms with E-state index < -0.39 is 0 Å². The summed E-state index contributed by atoms with van der Waals surface area (Å²) in [7, 11) is 0. The summed E-state index contributed by atoms with van der Waals surface area (Å²) in [6.45, 7) is 8.95. The first-order valence-corrected chi connectivity index (χ1v) is 11.7. The van der Waals surface area contributed by atoms with Crippen molar-refractivity contribution in [3.05, 3.63) is 60.2 Å². The fourth-order valence-corrected chi connectivity index (χ4v) is 5.27. The Hall–Kier alpha value is -2.77. The first kappa shape index (κ1) is 21.1. The molecule has 7 nitrogen and oxygen atoms in total. The molecule has 2 aromatic rings. The molecular weight excluding hydrogens is 400 g/mol. The molecule has 1 atom stereocenters. The van der Waals surface area contributed by atoms with Crippen LogP contribution in [0.5, 0.6) is 0 Å². The summed E-state index contributed by atoms with van der Waals surface area (Å²) in [5, 5.41) is 2.90. The van der Waals surface area contributed by atoms with Gasteiger partial charge in [-0.15, -0.1) is 0 Å². The third kappa shape index (κ3) is 4.27. The van der Waals surface area contributed by atoms with Gasteiger partial charge in [0.2, 0.25) is 0 Å². The maximum absolute atomic E-state index is 12.7. The molecule has 5 rings (SSSR count). The number of nitrogens with zero attached hydrogens (tertiary/aromatic N) is 5. The number of hydrogen-bond donors (Lipinski definition) is 1. The quantitative estimate of drug-likeness (QED) is 0.782. The zero-order chi connectivity index (χ0) is 22.1. The summed E-state index contributed by atoms with van der Waals surface area (Å²) in [4.78, 5) is 29.0. The lowest BCUT2D eigenvalue weighted by molar-refractivity contribution is 0.0752. The third-order valence-electron chi connectivity index (χ3n) is 7.07. The minimum atomic E-state index is -0.201. The van der Waals surface area contributed by atoms with Gasteiger partial charge in [0.1, 0.15) is 11.5 Å². The molecule has 5 heterocycles. The number of anilines is 2. The molecule has 1 N–H and O–H groups in total. The molecule has 0 radical (unpaired) electrons. The number of carbonyl (C=O) groups is 1. The lowest BCUT2D eigenvalue weighted by atomic mass is 9.98. The van der Waals surface area contributed by atoms with E-state index >= 15 is 0 Å². The highest BCUT2D eigenvalue weighted by Crippen LogP contribution is 2.35. The zero-order valence-electron chi connectivity index (χ0n) is 18.9. The number of carbonyl (C=O) groups excluding carboxylic acids is 1. The summed E-state index contributed by atoms with van der Waals surface area (Å²) < 4.78 is 0. The van der Waals surface area contributed by atoms with Crippen molar-refractivity contribution in [2.24, 2.45) is 0 Å². The largest absolute Gasteiger partial charge is 0.329 e. The minimum Gasteiger partial charge on any atom is -0.329 e. The topological polar surface area (TPSA) is 64.6 Å². The fourth-order valence-electron chi connectivity index (χ4n) is 5.27. The molecular formula is C25H32N6O. The molecule has 2 saturated heterocycles. The van der Waals surface area contributed by atoms with Gasteiger partial charge in [-0.1, -0.05) is 12.1 Å². The van der Waals surface area contributed by atoms with Crippen LogP contribution in [-0.4, -0.2) is 70.0 Å². The Kier molecular flexibility index (Phi) is 5.93. The number of hydrogen-bond acceptors (Lipinski definition) is 6. The van der Waals surface area contributed by atoms with Crippen LogP contribution in [0.4, 0.5) is 11.5 Å². The van der Waals surface area contributed by atoms with E-state index in [4.69, 9.17) is 4.98 Å². The summed E-state index contributed by atoms with van der Waals surface area (Å²) >= 11 is 0. The van der Waals surface area contributed by atoms with Gasteiger partial charge in [0.25, 0.3) is 5.91 Å². The van der Waals surface area contributed by atoms with Gasteiger partial charge in [0.15, 0.2) is 0 Å². The van der Waals surface area contributed by atoms with Crippen LogP contribution in [-0.2, 0) is 0 Å². The number of pyridine rings is 2. The van der Waals surface area contributed by atoms with E-state index in [0.29, 0.717) is 23.8 Å². The van der Waals surface area contributed by atoms with Gasteiger partial charge in [-0.25, -0.2) is 4.98 Å². The summed E-state index contributed by atoms with van der Waals surface area (Å²) in [5.41, 5.74) is 2.49. The Bertz CT molecular complexity index is 983. The second kappa shape index (κ2) is 9.00. The van der Waals surface area contributed by atoms with Gasteiger partial charge < -0.3 is 15.1 Å². The maximum Gasteiger partial charge on any atom is 0.274 e. The Morgan fingerprint density at radius 2 is 1.88 bits per heavy atom. The molecule has 0 aromatic carbocycles. The lowest BCUT2D eigenvalue weighted by Gasteiger charge is -2.42. The SMILES string of the molecule is CC(C)N1CCC(N2CC=C3CC2CN3c2cccc(C(=O)Nc3ccncc3)n2)CC1. The molecule has 0 aliphatic carbocycles. The van der Waals surface area contributed by atoms with Crippen molar-refractivity contribution in [1.82, 2.24) is 19.8 Å². The first-order valence-electron chi connectivity index (χ1n) is 11.7. The van der Waals surface area contributed by atoms with Crippen LogP contribution in [0, 0.1) is 0 Å². The molecule has 2 fully saturated rings. The number of aromatic nitrogens is 2. The molecule has 32 heavy (non-hydrogen) atoms. The molecule has 0 saturated carbocycles. The average Bonchev–Trinajstić information content (AvgIpc) is 3.16. The molecule has 168 valence electrons. The molecule has 3 aliphatic heterocycles. The van der Waals surface area contributed by atoms with E-state index in [1.54, 1.807) is 30.6 Å². The van der Waals surface area contributed by atoms with Crippen LogP contribution in [0.2, 0.25) is 0 Å². The van der Waals surface area contributed by atoms with Gasteiger partial charge in [-0.2, -0.15) is 0 Å². The van der Waals surface area contributed by atoms with Crippen LogP contribution >= 0.6 is 0 Å². The van der Waals surface area contributed by atoms with Gasteiger partial charge in [0, 0.05) is 61.4 Å². The van der Waals surface area contributed by atoms with Gasteiger partial charge in [-0.3, -0.25) is 14.7 Å². The highest BCUT2D eigenvalue weighted by molar-refractivity contribution is 6.03. The number of likely N-dealkylation sites (tertiary alicyclic amines) is 1. The lowest BCUT2D eigenvalue weighted by Crippen LogP contribution is -2.51. The number of amides is 1. The van der Waals surface area contributed by atoms with E-state index in [9.17, 15) is 4.79 Å². The standard InChI is InChI=1S/C25H32N6O/c1-18(2)29-13-8-20(9-14-29)30-15-10-21-16-22(30)17-31(21)24-5-3-4-23(28-24)25(32)27-19-6-11-26-12-7-19/h3-7,10-12,18,20,22H,8-9,13-17H2,1-2H3,(H,26,27,32). The molecule has 1 unspecified atom stereocenters. The van der Waals surface area contributed by atoms with Crippen LogP contribution in [0.3, 0.4) is 0 Å². The summed E-state index contributed by atoms with van der Waals surface area (Å²) in [6, 6.07) is 11.1. The molecule has 7 heteroatoms. The summed E-state index contributed by atoms with van der Waals surface area (Å²) in [6.07, 6.45) is 9.26. The van der Waals surface area contributed by atoms with Gasteiger partial charge in [-0.05, 0) is 64.0 Å². The molecule has 2 bridgehead atoms. The van der Waals surface area contributed by atoms with Crippen molar-refractivity contribution in [2.45, 2.75) is 51.2 Å². The highest BCUT2D eigenvalue weighted by atomic mass is 16.1. The van der Waals surface area contributed by atoms with Crippen molar-refractivity contribution in [2.75, 3.05) is 36.4 Å². The normalized spacial score (nSPS) is 22.3. The Balaban J connectivity index is 1.26. The third-order valence-corrected chi connectivity index (χ3v) is 7.07. The maximum atomic E-state index is 12.7. The van der Waals surface area contributed by atoms with Crippen molar-refractivity contribution in [3.63, 3.8) is 0 Å². The number of piperidine rings is 1. The second-order valence-corrected chi connectivity index (χ2v) is 9.29. The average molecular weight is 433 g/mol. The van der Waals surface area contributed by atoms with E-state index in [1.807, 2.05) is 12.1 Å². The zero-order valence-corrected chi connectivity index (χ0v) is 18.9. The smallest absolute Gasteiger partial charge is 0.274 e. The molecule has 2 aromatic heterocycles. The second-order valence-electron chi connectivity index (χ2n) is 9.29. The van der Waals surface area contributed by atoms with Crippen LogP contribution in [0.1, 0.15) is 43.6 Å². The Labute approximate surface area is 190 Å². The first-order chi connectivity index (χ1) is 15.6. The van der Waals surface area contributed by atoms with Gasteiger partial charge >= 0.3 is 0 Å². The number of nitrogens with one attached hydrogen (secondary N) is 1. The Morgan fingerprint density at radius 3 is 2.62 bits per heavy atom. The number of rotatable bonds is 5. The van der Waals surface area contributed by atoms with Crippen molar-refractivity contribution in [1.29, 1.82) is 0 Å².